The van der Waals surface area contributed by atoms with Crippen LogP contribution in [-0.2, 0) is 0 Å². The summed E-state index contributed by atoms with van der Waals surface area (Å²) in [6.07, 6.45) is 5.80. The summed E-state index contributed by atoms with van der Waals surface area (Å²) in [6, 6.07) is 8.06. The lowest BCUT2D eigenvalue weighted by Gasteiger charge is -2.31. The molecule has 7 nitrogen and oxygen atoms in total. The highest BCUT2D eigenvalue weighted by Gasteiger charge is 2.21. The molecule has 26 heavy (non-hydrogen) atoms. The molecule has 4 rings (SSSR count). The fourth-order valence-electron chi connectivity index (χ4n) is 3.49. The summed E-state index contributed by atoms with van der Waals surface area (Å²) in [4.78, 5) is 6.85. The topological polar surface area (TPSA) is 77.9 Å². The Labute approximate surface area is 152 Å². The van der Waals surface area contributed by atoms with Crippen LogP contribution in [0.15, 0.2) is 36.7 Å². The lowest BCUT2D eigenvalue weighted by molar-refractivity contribution is 0.355. The number of piperidine rings is 1. The van der Waals surface area contributed by atoms with E-state index in [2.05, 4.69) is 16.0 Å². The molecule has 1 saturated heterocycles. The molecule has 2 N–H and O–H groups in total. The van der Waals surface area contributed by atoms with E-state index in [-0.39, 0.29) is 6.04 Å². The van der Waals surface area contributed by atoms with E-state index >= 15 is 0 Å². The van der Waals surface area contributed by atoms with E-state index in [0.717, 1.165) is 48.5 Å². The van der Waals surface area contributed by atoms with Crippen molar-refractivity contribution in [1.29, 1.82) is 0 Å². The number of ether oxygens (including phenoxy) is 2. The van der Waals surface area contributed by atoms with E-state index in [1.165, 1.54) is 0 Å². The predicted octanol–water partition coefficient (Wildman–Crippen LogP) is 2.34. The Morgan fingerprint density at radius 2 is 2.00 bits per heavy atom. The largest absolute Gasteiger partial charge is 0.493 e. The second-order valence-corrected chi connectivity index (χ2v) is 6.53. The van der Waals surface area contributed by atoms with Crippen LogP contribution in [0.25, 0.3) is 16.8 Å². The third-order valence-corrected chi connectivity index (χ3v) is 4.81. The number of fused-ring (bicyclic) bond motifs is 1. The Morgan fingerprint density at radius 1 is 1.15 bits per heavy atom. The van der Waals surface area contributed by atoms with Crippen molar-refractivity contribution in [2.45, 2.75) is 18.9 Å². The molecule has 0 saturated carbocycles. The highest BCUT2D eigenvalue weighted by atomic mass is 16.5. The number of hydrogen-bond acceptors (Lipinski definition) is 6. The summed E-state index contributed by atoms with van der Waals surface area (Å²) in [5, 5.41) is 4.71. The minimum absolute atomic E-state index is 0.194. The summed E-state index contributed by atoms with van der Waals surface area (Å²) < 4.78 is 12.6. The standard InChI is InChI=1S/C19H23N5O2/c1-25-17-6-5-13(10-18(17)26-2)15-11-16-19(21-7-9-24(16)22-15)23-8-3-4-14(20)12-23/h5-7,9-11,14H,3-4,8,12,20H2,1-2H3. The van der Waals surface area contributed by atoms with Gasteiger partial charge < -0.3 is 20.1 Å². The van der Waals surface area contributed by atoms with Crippen molar-refractivity contribution in [1.82, 2.24) is 14.6 Å². The van der Waals surface area contributed by atoms with Gasteiger partial charge >= 0.3 is 0 Å². The molecule has 2 aromatic heterocycles. The Bertz CT molecular complexity index is 923. The SMILES string of the molecule is COc1ccc(-c2cc3c(N4CCCC(N)C4)nccn3n2)cc1OC. The summed E-state index contributed by atoms with van der Waals surface area (Å²) in [6.45, 7) is 1.79. The molecule has 7 heteroatoms. The molecular weight excluding hydrogens is 330 g/mol. The second kappa shape index (κ2) is 6.84. The maximum atomic E-state index is 6.14. The monoisotopic (exact) mass is 353 g/mol. The lowest BCUT2D eigenvalue weighted by Crippen LogP contribution is -2.43. The summed E-state index contributed by atoms with van der Waals surface area (Å²) in [7, 11) is 3.26. The molecule has 0 bridgehead atoms. The van der Waals surface area contributed by atoms with Gasteiger partial charge in [0.25, 0.3) is 0 Å². The highest BCUT2D eigenvalue weighted by Crippen LogP contribution is 2.33. The molecule has 136 valence electrons. The minimum Gasteiger partial charge on any atom is -0.493 e. The van der Waals surface area contributed by atoms with Crippen LogP contribution in [0, 0.1) is 0 Å². The molecule has 1 unspecified atom stereocenters. The molecule has 1 atom stereocenters. The van der Waals surface area contributed by atoms with Gasteiger partial charge in [0.15, 0.2) is 17.3 Å². The maximum absolute atomic E-state index is 6.14. The van der Waals surface area contributed by atoms with Crippen LogP contribution in [0.5, 0.6) is 11.5 Å². The van der Waals surface area contributed by atoms with E-state index in [1.54, 1.807) is 20.4 Å². The summed E-state index contributed by atoms with van der Waals surface area (Å²) in [5.74, 6) is 2.31. The molecule has 3 aromatic rings. The number of aromatic nitrogens is 3. The van der Waals surface area contributed by atoms with Crippen LogP contribution >= 0.6 is 0 Å². The van der Waals surface area contributed by atoms with Gasteiger partial charge in [0.05, 0.1) is 19.9 Å². The molecule has 1 aromatic carbocycles. The van der Waals surface area contributed by atoms with Gasteiger partial charge in [0.1, 0.15) is 5.52 Å². The van der Waals surface area contributed by atoms with Crippen LogP contribution in [-0.4, -0.2) is 47.9 Å². The van der Waals surface area contributed by atoms with Gasteiger partial charge in [-0.1, -0.05) is 0 Å². The number of anilines is 1. The van der Waals surface area contributed by atoms with Gasteiger partial charge in [0.2, 0.25) is 0 Å². The molecule has 1 fully saturated rings. The first-order chi connectivity index (χ1) is 12.7. The Balaban J connectivity index is 1.75. The number of hydrogen-bond donors (Lipinski definition) is 1. The fraction of sp³-hybridized carbons (Fsp3) is 0.368. The quantitative estimate of drug-likeness (QED) is 0.776. The zero-order valence-electron chi connectivity index (χ0n) is 15.1. The predicted molar refractivity (Wildman–Crippen MR) is 101 cm³/mol. The first-order valence-electron chi connectivity index (χ1n) is 8.77. The summed E-state index contributed by atoms with van der Waals surface area (Å²) >= 11 is 0. The van der Waals surface area contributed by atoms with Crippen molar-refractivity contribution in [2.24, 2.45) is 5.73 Å². The zero-order chi connectivity index (χ0) is 18.1. The van der Waals surface area contributed by atoms with E-state index in [9.17, 15) is 0 Å². The van der Waals surface area contributed by atoms with E-state index < -0.39 is 0 Å². The fourth-order valence-corrected chi connectivity index (χ4v) is 3.49. The molecule has 0 spiro atoms. The van der Waals surface area contributed by atoms with Crippen LogP contribution in [0.1, 0.15) is 12.8 Å². The molecule has 0 amide bonds. The average molecular weight is 353 g/mol. The number of benzene rings is 1. The van der Waals surface area contributed by atoms with Crippen molar-refractivity contribution in [3.63, 3.8) is 0 Å². The number of nitrogens with two attached hydrogens (primary N) is 1. The maximum Gasteiger partial charge on any atom is 0.161 e. The summed E-state index contributed by atoms with van der Waals surface area (Å²) in [5.41, 5.74) is 8.95. The van der Waals surface area contributed by atoms with Gasteiger partial charge in [-0.2, -0.15) is 5.10 Å². The van der Waals surface area contributed by atoms with Crippen LogP contribution in [0.4, 0.5) is 5.82 Å². The zero-order valence-corrected chi connectivity index (χ0v) is 15.1. The number of rotatable bonds is 4. The van der Waals surface area contributed by atoms with Gasteiger partial charge in [-0.3, -0.25) is 0 Å². The average Bonchev–Trinajstić information content (AvgIpc) is 3.11. The van der Waals surface area contributed by atoms with Crippen LogP contribution < -0.4 is 20.1 Å². The van der Waals surface area contributed by atoms with E-state index in [4.69, 9.17) is 20.3 Å². The Kier molecular flexibility index (Phi) is 4.38. The third-order valence-electron chi connectivity index (χ3n) is 4.81. The van der Waals surface area contributed by atoms with Crippen molar-refractivity contribution in [3.05, 3.63) is 36.7 Å². The molecule has 0 radical (unpaired) electrons. The lowest BCUT2D eigenvalue weighted by atomic mass is 10.1. The van der Waals surface area contributed by atoms with E-state index in [0.29, 0.717) is 11.5 Å². The van der Waals surface area contributed by atoms with Gasteiger partial charge in [-0.05, 0) is 37.1 Å². The van der Waals surface area contributed by atoms with E-state index in [1.807, 2.05) is 28.9 Å². The first-order valence-corrected chi connectivity index (χ1v) is 8.77. The number of nitrogens with zero attached hydrogens (tertiary/aromatic N) is 4. The van der Waals surface area contributed by atoms with Crippen LogP contribution in [0.3, 0.4) is 0 Å². The van der Waals surface area contributed by atoms with Gasteiger partial charge in [0, 0.05) is 37.1 Å². The molecular formula is C19H23N5O2. The molecule has 1 aliphatic rings. The van der Waals surface area contributed by atoms with Gasteiger partial charge in [-0.15, -0.1) is 0 Å². The Morgan fingerprint density at radius 3 is 2.77 bits per heavy atom. The van der Waals surface area contributed by atoms with Gasteiger partial charge in [-0.25, -0.2) is 9.50 Å². The highest BCUT2D eigenvalue weighted by molar-refractivity contribution is 5.76. The van der Waals surface area contributed by atoms with Crippen LogP contribution in [0.2, 0.25) is 0 Å². The number of methoxy groups -OCH3 is 2. The normalized spacial score (nSPS) is 17.5. The molecule has 3 heterocycles. The third kappa shape index (κ3) is 2.94. The molecule has 0 aliphatic carbocycles. The minimum atomic E-state index is 0.194. The van der Waals surface area contributed by atoms with Crippen molar-refractivity contribution in [3.8, 4) is 22.8 Å². The molecule has 1 aliphatic heterocycles. The first kappa shape index (κ1) is 16.7. The van der Waals surface area contributed by atoms with Crippen molar-refractivity contribution in [2.75, 3.05) is 32.2 Å². The second-order valence-electron chi connectivity index (χ2n) is 6.53. The Hall–Kier alpha value is -2.80. The smallest absolute Gasteiger partial charge is 0.161 e. The van der Waals surface area contributed by atoms with Crippen molar-refractivity contribution < 1.29 is 9.47 Å². The van der Waals surface area contributed by atoms with Crippen molar-refractivity contribution >= 4 is 11.3 Å².